The molecule has 4 rings (SSSR count). The van der Waals surface area contributed by atoms with Gasteiger partial charge in [0.1, 0.15) is 5.75 Å². The number of methoxy groups -OCH3 is 1. The van der Waals surface area contributed by atoms with Crippen molar-refractivity contribution in [3.8, 4) is 5.75 Å². The van der Waals surface area contributed by atoms with Crippen molar-refractivity contribution in [2.75, 3.05) is 25.5 Å². The summed E-state index contributed by atoms with van der Waals surface area (Å²) in [6.07, 6.45) is 5.92. The van der Waals surface area contributed by atoms with E-state index in [-0.39, 0.29) is 33.8 Å². The minimum atomic E-state index is -0.431. The zero-order chi connectivity index (χ0) is 22.5. The quantitative estimate of drug-likeness (QED) is 0.690. The second-order valence-corrected chi connectivity index (χ2v) is 9.15. The first-order valence-corrected chi connectivity index (χ1v) is 11.7. The predicted molar refractivity (Wildman–Crippen MR) is 120 cm³/mol. The summed E-state index contributed by atoms with van der Waals surface area (Å²) < 4.78 is 5.10. The van der Waals surface area contributed by atoms with Crippen LogP contribution >= 0.6 is 11.3 Å². The highest BCUT2D eigenvalue weighted by Crippen LogP contribution is 2.23. The Morgan fingerprint density at radius 2 is 1.75 bits per heavy atom. The number of nitrogens with one attached hydrogen (secondary N) is 2. The molecule has 2 N–H and O–H groups in total. The van der Waals surface area contributed by atoms with Gasteiger partial charge in [0, 0.05) is 24.8 Å². The number of benzene rings is 1. The lowest BCUT2D eigenvalue weighted by atomic mass is 9.96. The number of nitrogens with zero attached hydrogens (tertiary/aromatic N) is 3. The number of ether oxygens (including phenoxy) is 1. The summed E-state index contributed by atoms with van der Waals surface area (Å²) in [5, 5.41) is 13.9. The highest BCUT2D eigenvalue weighted by molar-refractivity contribution is 7.15. The maximum Gasteiger partial charge on any atom is 0.286 e. The van der Waals surface area contributed by atoms with Gasteiger partial charge in [-0.05, 0) is 49.9 Å². The fraction of sp³-hybridized carbons (Fsp3) is 0.500. The van der Waals surface area contributed by atoms with Crippen molar-refractivity contribution in [1.29, 1.82) is 0 Å². The number of carbonyl (C=O) groups excluding carboxylic acids is 3. The molecule has 1 aromatic carbocycles. The number of rotatable bonds is 6. The highest BCUT2D eigenvalue weighted by Gasteiger charge is 2.32. The first kappa shape index (κ1) is 22.2. The van der Waals surface area contributed by atoms with Crippen molar-refractivity contribution in [2.45, 2.75) is 44.6 Å². The van der Waals surface area contributed by atoms with E-state index >= 15 is 0 Å². The third-order valence-electron chi connectivity index (χ3n) is 5.93. The van der Waals surface area contributed by atoms with Crippen LogP contribution in [0.4, 0.5) is 5.69 Å². The van der Waals surface area contributed by atoms with E-state index in [0.717, 1.165) is 49.9 Å². The molecule has 2 fully saturated rings. The summed E-state index contributed by atoms with van der Waals surface area (Å²) in [5.74, 6) is -0.211. The van der Waals surface area contributed by atoms with E-state index in [1.807, 2.05) is 0 Å². The normalized spacial score (nSPS) is 18.9. The van der Waals surface area contributed by atoms with Gasteiger partial charge in [0.2, 0.25) is 15.9 Å². The van der Waals surface area contributed by atoms with Crippen LogP contribution in [0, 0.1) is 5.92 Å². The minimum Gasteiger partial charge on any atom is -0.497 e. The second-order valence-electron chi connectivity index (χ2n) is 8.18. The Hall–Kier alpha value is -3.01. The highest BCUT2D eigenvalue weighted by atomic mass is 32.1. The molecule has 170 valence electrons. The van der Waals surface area contributed by atoms with E-state index in [1.165, 1.54) is 0 Å². The number of anilines is 1. The average Bonchev–Trinajstić information content (AvgIpc) is 3.52. The summed E-state index contributed by atoms with van der Waals surface area (Å²) in [5.41, 5.74) is 0.589. The number of piperidine rings is 1. The number of amides is 3. The van der Waals surface area contributed by atoms with Crippen molar-refractivity contribution in [3.63, 3.8) is 0 Å². The van der Waals surface area contributed by atoms with Gasteiger partial charge in [-0.2, -0.15) is 0 Å². The van der Waals surface area contributed by atoms with Crippen LogP contribution in [0.1, 0.15) is 58.1 Å². The number of carbonyl (C=O) groups is 3. The summed E-state index contributed by atoms with van der Waals surface area (Å²) in [6.45, 7) is 0.934. The lowest BCUT2D eigenvalue weighted by Crippen LogP contribution is -2.47. The molecule has 1 saturated carbocycles. The molecule has 1 unspecified atom stereocenters. The Labute approximate surface area is 190 Å². The SMILES string of the molecule is COc1ccc(NC(=O)c2nnc(C(=O)N3CCCC(C(=O)NC4CCCC4)C3)s2)cc1. The maximum absolute atomic E-state index is 12.9. The molecule has 1 saturated heterocycles. The molecule has 0 radical (unpaired) electrons. The van der Waals surface area contributed by atoms with Crippen LogP contribution in [0.2, 0.25) is 0 Å². The monoisotopic (exact) mass is 457 g/mol. The molecule has 2 aromatic rings. The number of hydrogen-bond acceptors (Lipinski definition) is 7. The van der Waals surface area contributed by atoms with Crippen LogP contribution in [0.5, 0.6) is 5.75 Å². The summed E-state index contributed by atoms with van der Waals surface area (Å²) in [6, 6.07) is 7.17. The topological polar surface area (TPSA) is 114 Å². The van der Waals surface area contributed by atoms with E-state index in [9.17, 15) is 14.4 Å². The molecule has 0 bridgehead atoms. The zero-order valence-electron chi connectivity index (χ0n) is 18.0. The summed E-state index contributed by atoms with van der Waals surface area (Å²) >= 11 is 0.955. The van der Waals surface area contributed by atoms with Gasteiger partial charge in [-0.3, -0.25) is 14.4 Å². The molecule has 9 nitrogen and oxygen atoms in total. The lowest BCUT2D eigenvalue weighted by molar-refractivity contribution is -0.127. The molecular formula is C22H27N5O4S. The van der Waals surface area contributed by atoms with E-state index in [0.29, 0.717) is 24.5 Å². The first-order chi connectivity index (χ1) is 15.5. The maximum atomic E-state index is 12.9. The molecule has 2 heterocycles. The van der Waals surface area contributed by atoms with Crippen LogP contribution in [0.15, 0.2) is 24.3 Å². The van der Waals surface area contributed by atoms with Gasteiger partial charge in [-0.1, -0.05) is 24.2 Å². The van der Waals surface area contributed by atoms with Crippen molar-refractivity contribution < 1.29 is 19.1 Å². The molecule has 32 heavy (non-hydrogen) atoms. The molecule has 3 amide bonds. The Morgan fingerprint density at radius 3 is 2.47 bits per heavy atom. The number of likely N-dealkylation sites (tertiary alicyclic amines) is 1. The largest absolute Gasteiger partial charge is 0.497 e. The molecule has 2 aliphatic rings. The van der Waals surface area contributed by atoms with Gasteiger partial charge in [-0.15, -0.1) is 10.2 Å². The Morgan fingerprint density at radius 1 is 1.03 bits per heavy atom. The Bertz CT molecular complexity index is 971. The Balaban J connectivity index is 1.34. The van der Waals surface area contributed by atoms with Gasteiger partial charge in [0.05, 0.1) is 13.0 Å². The van der Waals surface area contributed by atoms with Gasteiger partial charge in [0.15, 0.2) is 0 Å². The van der Waals surface area contributed by atoms with E-state index in [2.05, 4.69) is 20.8 Å². The molecular weight excluding hydrogens is 430 g/mol. The fourth-order valence-electron chi connectivity index (χ4n) is 4.16. The molecule has 1 aliphatic heterocycles. The summed E-state index contributed by atoms with van der Waals surface area (Å²) in [7, 11) is 1.57. The van der Waals surface area contributed by atoms with Crippen LogP contribution in [-0.4, -0.2) is 59.1 Å². The molecule has 1 aliphatic carbocycles. The average molecular weight is 458 g/mol. The van der Waals surface area contributed by atoms with Crippen LogP contribution in [-0.2, 0) is 4.79 Å². The smallest absolute Gasteiger partial charge is 0.286 e. The third kappa shape index (κ3) is 5.24. The van der Waals surface area contributed by atoms with E-state index in [1.54, 1.807) is 36.3 Å². The molecule has 10 heteroatoms. The van der Waals surface area contributed by atoms with Crippen molar-refractivity contribution >= 4 is 34.7 Å². The zero-order valence-corrected chi connectivity index (χ0v) is 18.8. The molecule has 1 aromatic heterocycles. The van der Waals surface area contributed by atoms with Crippen molar-refractivity contribution in [1.82, 2.24) is 20.4 Å². The first-order valence-electron chi connectivity index (χ1n) is 10.9. The second kappa shape index (κ2) is 10.1. The van der Waals surface area contributed by atoms with E-state index in [4.69, 9.17) is 4.74 Å². The van der Waals surface area contributed by atoms with Crippen molar-refractivity contribution in [2.24, 2.45) is 5.92 Å². The summed E-state index contributed by atoms with van der Waals surface area (Å²) in [4.78, 5) is 39.7. The van der Waals surface area contributed by atoms with Gasteiger partial charge >= 0.3 is 0 Å². The van der Waals surface area contributed by atoms with Gasteiger partial charge in [0.25, 0.3) is 11.8 Å². The van der Waals surface area contributed by atoms with Crippen LogP contribution in [0.25, 0.3) is 0 Å². The minimum absolute atomic E-state index is 0.0335. The predicted octanol–water partition coefficient (Wildman–Crippen LogP) is 2.71. The lowest BCUT2D eigenvalue weighted by Gasteiger charge is -2.32. The van der Waals surface area contributed by atoms with Crippen LogP contribution in [0.3, 0.4) is 0 Å². The molecule has 0 spiro atoms. The fourth-order valence-corrected chi connectivity index (χ4v) is 4.87. The Kier molecular flexibility index (Phi) is 6.99. The van der Waals surface area contributed by atoms with Crippen LogP contribution < -0.4 is 15.4 Å². The number of aromatic nitrogens is 2. The van der Waals surface area contributed by atoms with E-state index < -0.39 is 5.91 Å². The van der Waals surface area contributed by atoms with Gasteiger partial charge < -0.3 is 20.3 Å². The number of hydrogen-bond donors (Lipinski definition) is 2. The third-order valence-corrected chi connectivity index (χ3v) is 6.84. The van der Waals surface area contributed by atoms with Crippen molar-refractivity contribution in [3.05, 3.63) is 34.3 Å². The standard InChI is InChI=1S/C22H27N5O4S/c1-31-17-10-8-16(9-11-17)24-19(29)20-25-26-21(32-20)22(30)27-12-4-5-14(13-27)18(28)23-15-6-2-3-7-15/h8-11,14-15H,2-7,12-13H2,1H3,(H,23,28)(H,24,29). The van der Waals surface area contributed by atoms with Gasteiger partial charge in [-0.25, -0.2) is 0 Å². The molecule has 1 atom stereocenters.